The maximum absolute atomic E-state index is 14.2. The molecule has 2 aromatic carbocycles. The van der Waals surface area contributed by atoms with E-state index < -0.39 is 11.6 Å². The van der Waals surface area contributed by atoms with Gasteiger partial charge in [0.1, 0.15) is 11.6 Å². The van der Waals surface area contributed by atoms with Crippen LogP contribution in [0.1, 0.15) is 36.8 Å². The molecule has 0 bridgehead atoms. The first-order valence-electron chi connectivity index (χ1n) is 12.7. The van der Waals surface area contributed by atoms with Crippen LogP contribution in [0, 0.1) is 17.6 Å². The molecule has 0 spiro atoms. The number of hydrogen-bond acceptors (Lipinski definition) is 5. The molecule has 4 heterocycles. The summed E-state index contributed by atoms with van der Waals surface area (Å²) in [6.45, 7) is 7.46. The van der Waals surface area contributed by atoms with Crippen LogP contribution in [-0.2, 0) is 6.54 Å². The largest absolute Gasteiger partial charge is 0.305 e. The molecule has 2 aromatic heterocycles. The van der Waals surface area contributed by atoms with Crippen LogP contribution in [-0.4, -0.2) is 45.4 Å². The zero-order valence-electron chi connectivity index (χ0n) is 21.4. The number of rotatable bonds is 6. The van der Waals surface area contributed by atoms with Gasteiger partial charge in [0.15, 0.2) is 17.3 Å². The van der Waals surface area contributed by atoms with Crippen molar-refractivity contribution in [2.24, 2.45) is 10.9 Å². The van der Waals surface area contributed by atoms with Crippen LogP contribution >= 0.6 is 11.3 Å². The fourth-order valence-corrected chi connectivity index (χ4v) is 5.80. The molecule has 0 N–H and O–H groups in total. The molecular weight excluding hydrogens is 504 g/mol. The Morgan fingerprint density at radius 3 is 2.47 bits per heavy atom. The SMILES string of the molecule is CCN1C(=O)c2nc(-c3ccc(-c4cccs4)cc3)n(Cc3ccc(F)c(F)c3)c2N2C[C@@H](C(C)C)N=C12. The summed E-state index contributed by atoms with van der Waals surface area (Å²) in [5.74, 6) is 0.136. The van der Waals surface area contributed by atoms with Crippen molar-refractivity contribution in [1.82, 2.24) is 14.5 Å². The molecule has 0 radical (unpaired) electrons. The molecule has 6 nitrogen and oxygen atoms in total. The predicted molar refractivity (Wildman–Crippen MR) is 147 cm³/mol. The number of nitrogens with zero attached hydrogens (tertiary/aromatic N) is 5. The molecule has 4 aromatic rings. The Labute approximate surface area is 223 Å². The molecule has 1 amide bonds. The number of carbonyl (C=O) groups excluding carboxylic acids is 1. The van der Waals surface area contributed by atoms with E-state index in [0.29, 0.717) is 41.9 Å². The van der Waals surface area contributed by atoms with Crippen LogP contribution < -0.4 is 4.90 Å². The lowest BCUT2D eigenvalue weighted by molar-refractivity contribution is 0.0841. The quantitative estimate of drug-likeness (QED) is 0.294. The van der Waals surface area contributed by atoms with Gasteiger partial charge in [0, 0.05) is 17.0 Å². The van der Waals surface area contributed by atoms with Crippen molar-refractivity contribution >= 4 is 29.0 Å². The van der Waals surface area contributed by atoms with Gasteiger partial charge in [-0.25, -0.2) is 18.8 Å². The second-order valence-corrected chi connectivity index (χ2v) is 10.8. The number of imidazole rings is 1. The van der Waals surface area contributed by atoms with Gasteiger partial charge in [-0.15, -0.1) is 11.3 Å². The lowest BCUT2D eigenvalue weighted by atomic mass is 10.1. The molecule has 1 atom stereocenters. The summed E-state index contributed by atoms with van der Waals surface area (Å²) in [7, 11) is 0. The number of anilines is 1. The van der Waals surface area contributed by atoms with E-state index in [1.165, 1.54) is 6.07 Å². The monoisotopic (exact) mass is 531 g/mol. The number of carbonyl (C=O) groups is 1. The van der Waals surface area contributed by atoms with E-state index in [2.05, 4.69) is 24.8 Å². The van der Waals surface area contributed by atoms with Gasteiger partial charge in [-0.2, -0.15) is 0 Å². The number of aliphatic imine (C=N–C) groups is 1. The summed E-state index contributed by atoms with van der Waals surface area (Å²) in [5, 5.41) is 2.04. The smallest absolute Gasteiger partial charge is 0.283 e. The lowest BCUT2D eigenvalue weighted by Gasteiger charge is -2.33. The predicted octanol–water partition coefficient (Wildman–Crippen LogP) is 6.28. The minimum absolute atomic E-state index is 0.0259. The molecule has 194 valence electrons. The number of aromatic nitrogens is 2. The number of benzene rings is 2. The van der Waals surface area contributed by atoms with Gasteiger partial charge in [0.05, 0.1) is 19.1 Å². The Balaban J connectivity index is 1.51. The van der Waals surface area contributed by atoms with Gasteiger partial charge >= 0.3 is 0 Å². The maximum Gasteiger partial charge on any atom is 0.283 e. The van der Waals surface area contributed by atoms with E-state index in [-0.39, 0.29) is 24.4 Å². The zero-order valence-corrected chi connectivity index (χ0v) is 22.2. The van der Waals surface area contributed by atoms with Crippen molar-refractivity contribution in [3.63, 3.8) is 0 Å². The first-order valence-corrected chi connectivity index (χ1v) is 13.6. The molecule has 0 saturated carbocycles. The normalized spacial score (nSPS) is 16.7. The highest BCUT2D eigenvalue weighted by Gasteiger charge is 2.44. The highest BCUT2D eigenvalue weighted by atomic mass is 32.1. The fourth-order valence-electron chi connectivity index (χ4n) is 5.07. The van der Waals surface area contributed by atoms with E-state index in [1.54, 1.807) is 22.3 Å². The Bertz CT molecular complexity index is 1540. The summed E-state index contributed by atoms with van der Waals surface area (Å²) in [5.41, 5.74) is 2.84. The van der Waals surface area contributed by atoms with Gasteiger partial charge in [0.2, 0.25) is 5.96 Å². The molecule has 2 aliphatic rings. The highest BCUT2D eigenvalue weighted by molar-refractivity contribution is 7.13. The molecular formula is C29H27F2N5OS. The Morgan fingerprint density at radius 2 is 1.82 bits per heavy atom. The van der Waals surface area contributed by atoms with E-state index in [0.717, 1.165) is 22.1 Å². The van der Waals surface area contributed by atoms with E-state index in [9.17, 15) is 13.6 Å². The molecule has 0 fully saturated rings. The Kier molecular flexibility index (Phi) is 6.10. The van der Waals surface area contributed by atoms with Crippen molar-refractivity contribution < 1.29 is 13.6 Å². The zero-order chi connectivity index (χ0) is 26.6. The van der Waals surface area contributed by atoms with Crippen LogP contribution in [0.3, 0.4) is 0 Å². The lowest BCUT2D eigenvalue weighted by Crippen LogP contribution is -2.50. The topological polar surface area (TPSA) is 53.7 Å². The number of halogens is 2. The summed E-state index contributed by atoms with van der Waals surface area (Å²) in [4.78, 5) is 28.3. The van der Waals surface area contributed by atoms with Crippen molar-refractivity contribution in [3.8, 4) is 21.8 Å². The molecule has 0 aliphatic carbocycles. The third kappa shape index (κ3) is 4.01. The van der Waals surface area contributed by atoms with E-state index in [1.807, 2.05) is 47.2 Å². The summed E-state index contributed by atoms with van der Waals surface area (Å²) < 4.78 is 29.8. The molecule has 0 unspecified atom stereocenters. The van der Waals surface area contributed by atoms with Crippen molar-refractivity contribution in [1.29, 1.82) is 0 Å². The van der Waals surface area contributed by atoms with Crippen LogP contribution in [0.5, 0.6) is 0 Å². The molecule has 2 aliphatic heterocycles. The van der Waals surface area contributed by atoms with Gasteiger partial charge in [0.25, 0.3) is 5.91 Å². The number of amides is 1. The fraction of sp³-hybridized carbons (Fsp3) is 0.276. The van der Waals surface area contributed by atoms with Gasteiger partial charge in [-0.1, -0.05) is 50.2 Å². The van der Waals surface area contributed by atoms with Crippen molar-refractivity contribution in [3.05, 3.63) is 82.9 Å². The standard InChI is InChI=1S/C29H27F2N5OS/c1-4-34-28(37)25-27(36-16-23(17(2)3)32-29(34)36)35(15-18-7-12-21(30)22(31)14-18)26(33-25)20-10-8-19(9-11-20)24-6-5-13-38-24/h5-14,17,23H,4,15-16H2,1-3H3/t23-/m0/s1. The second kappa shape index (κ2) is 9.47. The maximum atomic E-state index is 14.2. The van der Waals surface area contributed by atoms with Gasteiger partial charge in [-0.3, -0.25) is 14.6 Å². The molecule has 9 heteroatoms. The van der Waals surface area contributed by atoms with Crippen LogP contribution in [0.15, 0.2) is 65.0 Å². The van der Waals surface area contributed by atoms with Gasteiger partial charge < -0.3 is 4.57 Å². The highest BCUT2D eigenvalue weighted by Crippen LogP contribution is 2.38. The Morgan fingerprint density at radius 1 is 1.05 bits per heavy atom. The second-order valence-electron chi connectivity index (χ2n) is 9.90. The third-order valence-electron chi connectivity index (χ3n) is 7.14. The number of thiophene rings is 1. The number of hydrogen-bond donors (Lipinski definition) is 0. The Hall–Kier alpha value is -3.85. The summed E-state index contributed by atoms with van der Waals surface area (Å²) in [6.07, 6.45) is 0. The van der Waals surface area contributed by atoms with Crippen molar-refractivity contribution in [2.45, 2.75) is 33.4 Å². The van der Waals surface area contributed by atoms with Crippen LogP contribution in [0.25, 0.3) is 21.8 Å². The van der Waals surface area contributed by atoms with E-state index in [4.69, 9.17) is 9.98 Å². The van der Waals surface area contributed by atoms with Crippen LogP contribution in [0.2, 0.25) is 0 Å². The van der Waals surface area contributed by atoms with E-state index >= 15 is 0 Å². The first-order chi connectivity index (χ1) is 18.4. The molecule has 0 saturated heterocycles. The minimum Gasteiger partial charge on any atom is -0.305 e. The summed E-state index contributed by atoms with van der Waals surface area (Å²) in [6, 6.07) is 16.1. The minimum atomic E-state index is -0.908. The number of guanidine groups is 1. The summed E-state index contributed by atoms with van der Waals surface area (Å²) >= 11 is 1.67. The van der Waals surface area contributed by atoms with Gasteiger partial charge in [-0.05, 0) is 47.5 Å². The molecule has 6 rings (SSSR count). The average molecular weight is 532 g/mol. The number of fused-ring (bicyclic) bond motifs is 3. The molecule has 38 heavy (non-hydrogen) atoms. The third-order valence-corrected chi connectivity index (χ3v) is 8.06. The average Bonchev–Trinajstić information content (AvgIpc) is 3.66. The first kappa shape index (κ1) is 24.5. The van der Waals surface area contributed by atoms with Crippen LogP contribution in [0.4, 0.5) is 14.6 Å². The van der Waals surface area contributed by atoms with Crippen molar-refractivity contribution in [2.75, 3.05) is 18.0 Å².